The highest BCUT2D eigenvalue weighted by atomic mass is 16.5. The highest BCUT2D eigenvalue weighted by molar-refractivity contribution is 5.82. The third-order valence-corrected chi connectivity index (χ3v) is 3.15. The first kappa shape index (κ1) is 10.7. The van der Waals surface area contributed by atoms with Crippen molar-refractivity contribution < 1.29 is 14.6 Å². The van der Waals surface area contributed by atoms with Crippen LogP contribution in [0.1, 0.15) is 18.4 Å². The molecular weight excluding hydrogens is 204 g/mol. The van der Waals surface area contributed by atoms with Crippen LogP contribution < -0.4 is 4.74 Å². The molecule has 0 atom stereocenters. The van der Waals surface area contributed by atoms with Crippen LogP contribution in [0.4, 0.5) is 0 Å². The van der Waals surface area contributed by atoms with Crippen molar-refractivity contribution in [3.63, 3.8) is 0 Å². The summed E-state index contributed by atoms with van der Waals surface area (Å²) in [4.78, 5) is 11.4. The summed E-state index contributed by atoms with van der Waals surface area (Å²) in [5.41, 5.74) is 0.0671. The Morgan fingerprint density at radius 1 is 1.25 bits per heavy atom. The molecule has 84 valence electrons. The van der Waals surface area contributed by atoms with Crippen LogP contribution in [0, 0.1) is 0 Å². The summed E-state index contributed by atoms with van der Waals surface area (Å²) < 4.78 is 5.06. The number of ether oxygens (including phenoxy) is 1. The van der Waals surface area contributed by atoms with E-state index in [1.54, 1.807) is 19.2 Å². The molecule has 0 fully saturated rings. The minimum absolute atomic E-state index is 0.564. The summed E-state index contributed by atoms with van der Waals surface area (Å²) in [5, 5.41) is 9.37. The Kier molecular flexibility index (Phi) is 2.69. The molecule has 0 unspecified atom stereocenters. The molecule has 2 rings (SSSR count). The number of hydrogen-bond donors (Lipinski definition) is 1. The smallest absolute Gasteiger partial charge is 0.314 e. The molecule has 0 bridgehead atoms. The van der Waals surface area contributed by atoms with Gasteiger partial charge in [-0.25, -0.2) is 0 Å². The van der Waals surface area contributed by atoms with Gasteiger partial charge in [0.25, 0.3) is 0 Å². The Balaban J connectivity index is 2.36. The van der Waals surface area contributed by atoms with Gasteiger partial charge in [-0.1, -0.05) is 24.3 Å². The third-order valence-electron chi connectivity index (χ3n) is 3.15. The van der Waals surface area contributed by atoms with Crippen molar-refractivity contribution in [1.29, 1.82) is 0 Å². The first-order valence-corrected chi connectivity index (χ1v) is 5.22. The molecule has 3 nitrogen and oxygen atoms in total. The van der Waals surface area contributed by atoms with E-state index in [0.717, 1.165) is 11.3 Å². The topological polar surface area (TPSA) is 46.5 Å². The van der Waals surface area contributed by atoms with Gasteiger partial charge in [-0.2, -0.15) is 0 Å². The van der Waals surface area contributed by atoms with Crippen molar-refractivity contribution in [3.8, 4) is 5.75 Å². The molecule has 0 saturated carbocycles. The molecule has 1 aromatic rings. The predicted octanol–water partition coefficient (Wildman–Crippen LogP) is 2.37. The summed E-state index contributed by atoms with van der Waals surface area (Å²) in [6.45, 7) is 0. The van der Waals surface area contributed by atoms with Gasteiger partial charge in [-0.3, -0.25) is 4.79 Å². The lowest BCUT2D eigenvalue weighted by atomic mass is 9.78. The van der Waals surface area contributed by atoms with Gasteiger partial charge in [0.15, 0.2) is 0 Å². The molecule has 0 heterocycles. The molecule has 0 aliphatic heterocycles. The Morgan fingerprint density at radius 3 is 2.25 bits per heavy atom. The number of carboxylic acids is 1. The highest BCUT2D eigenvalue weighted by Gasteiger charge is 2.40. The van der Waals surface area contributed by atoms with E-state index in [2.05, 4.69) is 0 Å². The maximum absolute atomic E-state index is 11.4. The number of carbonyl (C=O) groups is 1. The largest absolute Gasteiger partial charge is 0.497 e. The van der Waals surface area contributed by atoms with Gasteiger partial charge < -0.3 is 9.84 Å². The lowest BCUT2D eigenvalue weighted by molar-refractivity contribution is -0.143. The summed E-state index contributed by atoms with van der Waals surface area (Å²) in [5.74, 6) is -0.0158. The van der Waals surface area contributed by atoms with Gasteiger partial charge in [-0.15, -0.1) is 0 Å². The first-order chi connectivity index (χ1) is 7.69. The van der Waals surface area contributed by atoms with Crippen molar-refractivity contribution in [2.45, 2.75) is 18.3 Å². The van der Waals surface area contributed by atoms with Gasteiger partial charge in [-0.05, 0) is 30.5 Å². The molecule has 1 aliphatic carbocycles. The second-order valence-corrected chi connectivity index (χ2v) is 4.00. The number of hydrogen-bond acceptors (Lipinski definition) is 2. The van der Waals surface area contributed by atoms with Gasteiger partial charge in [0.1, 0.15) is 5.75 Å². The van der Waals surface area contributed by atoms with Gasteiger partial charge >= 0.3 is 5.97 Å². The maximum Gasteiger partial charge on any atom is 0.314 e. The van der Waals surface area contributed by atoms with Crippen molar-refractivity contribution >= 4 is 5.97 Å². The van der Waals surface area contributed by atoms with E-state index in [1.165, 1.54) is 0 Å². The van der Waals surface area contributed by atoms with Gasteiger partial charge in [0.05, 0.1) is 12.5 Å². The van der Waals surface area contributed by atoms with Crippen LogP contribution in [0.25, 0.3) is 0 Å². The van der Waals surface area contributed by atoms with E-state index in [0.29, 0.717) is 12.8 Å². The molecule has 0 saturated heterocycles. The van der Waals surface area contributed by atoms with E-state index in [4.69, 9.17) is 4.74 Å². The van der Waals surface area contributed by atoms with Crippen molar-refractivity contribution in [2.24, 2.45) is 0 Å². The average molecular weight is 218 g/mol. The monoisotopic (exact) mass is 218 g/mol. The molecule has 3 heteroatoms. The fourth-order valence-electron chi connectivity index (χ4n) is 2.10. The molecule has 0 amide bonds. The standard InChI is InChI=1S/C13H14O3/c1-16-11-6-4-10(5-7-11)13(12(14)15)8-2-3-9-13/h2-7H,8-9H2,1H3,(H,14,15). The predicted molar refractivity (Wildman–Crippen MR) is 60.7 cm³/mol. The lowest BCUT2D eigenvalue weighted by Crippen LogP contribution is -2.32. The Hall–Kier alpha value is -1.77. The van der Waals surface area contributed by atoms with Crippen LogP contribution >= 0.6 is 0 Å². The van der Waals surface area contributed by atoms with Crippen LogP contribution in [0.2, 0.25) is 0 Å². The van der Waals surface area contributed by atoms with Gasteiger partial charge in [0.2, 0.25) is 0 Å². The van der Waals surface area contributed by atoms with Crippen molar-refractivity contribution in [1.82, 2.24) is 0 Å². The fraction of sp³-hybridized carbons (Fsp3) is 0.308. The Bertz CT molecular complexity index is 409. The zero-order valence-corrected chi connectivity index (χ0v) is 9.14. The zero-order valence-electron chi connectivity index (χ0n) is 9.14. The molecule has 0 radical (unpaired) electrons. The molecule has 1 N–H and O–H groups in total. The number of methoxy groups -OCH3 is 1. The van der Waals surface area contributed by atoms with Gasteiger partial charge in [0, 0.05) is 0 Å². The zero-order chi connectivity index (χ0) is 11.6. The molecule has 0 spiro atoms. The maximum atomic E-state index is 11.4. The number of benzene rings is 1. The SMILES string of the molecule is COc1ccc(C2(C(=O)O)CC=CC2)cc1. The minimum Gasteiger partial charge on any atom is -0.497 e. The highest BCUT2D eigenvalue weighted by Crippen LogP contribution is 2.37. The molecular formula is C13H14O3. The Morgan fingerprint density at radius 2 is 1.81 bits per heavy atom. The minimum atomic E-state index is -0.772. The lowest BCUT2D eigenvalue weighted by Gasteiger charge is -2.24. The van der Waals surface area contributed by atoms with Crippen LogP contribution in [-0.4, -0.2) is 18.2 Å². The summed E-state index contributed by atoms with van der Waals surface area (Å²) >= 11 is 0. The number of allylic oxidation sites excluding steroid dienone is 2. The van der Waals surface area contributed by atoms with E-state index < -0.39 is 11.4 Å². The summed E-state index contributed by atoms with van der Waals surface area (Å²) in [7, 11) is 1.60. The molecule has 16 heavy (non-hydrogen) atoms. The summed E-state index contributed by atoms with van der Waals surface area (Å²) in [6, 6.07) is 7.27. The number of rotatable bonds is 3. The molecule has 1 aromatic carbocycles. The van der Waals surface area contributed by atoms with E-state index in [9.17, 15) is 9.90 Å². The van der Waals surface area contributed by atoms with Crippen LogP contribution in [-0.2, 0) is 10.2 Å². The number of aliphatic carboxylic acids is 1. The third kappa shape index (κ3) is 1.58. The van der Waals surface area contributed by atoms with Crippen LogP contribution in [0.5, 0.6) is 5.75 Å². The average Bonchev–Trinajstić information content (AvgIpc) is 2.79. The second-order valence-electron chi connectivity index (χ2n) is 4.00. The van der Waals surface area contributed by atoms with Crippen LogP contribution in [0.3, 0.4) is 0 Å². The van der Waals surface area contributed by atoms with Crippen molar-refractivity contribution in [3.05, 3.63) is 42.0 Å². The van der Waals surface area contributed by atoms with Crippen molar-refractivity contribution in [2.75, 3.05) is 7.11 Å². The molecule has 1 aliphatic rings. The number of carboxylic acid groups (broad SMARTS) is 1. The normalized spacial score (nSPS) is 17.3. The Labute approximate surface area is 94.4 Å². The molecule has 0 aromatic heterocycles. The quantitative estimate of drug-likeness (QED) is 0.792. The fourth-order valence-corrected chi connectivity index (χ4v) is 2.10. The van der Waals surface area contributed by atoms with E-state index >= 15 is 0 Å². The second kappa shape index (κ2) is 4.00. The summed E-state index contributed by atoms with van der Waals surface area (Å²) in [6.07, 6.45) is 4.99. The van der Waals surface area contributed by atoms with Crippen LogP contribution in [0.15, 0.2) is 36.4 Å². The van der Waals surface area contributed by atoms with E-state index in [1.807, 2.05) is 24.3 Å². The first-order valence-electron chi connectivity index (χ1n) is 5.22. The van der Waals surface area contributed by atoms with E-state index in [-0.39, 0.29) is 0 Å².